The lowest BCUT2D eigenvalue weighted by atomic mass is 9.99. The Morgan fingerprint density at radius 1 is 1.45 bits per heavy atom. The van der Waals surface area contributed by atoms with Gasteiger partial charge in [-0.25, -0.2) is 4.79 Å². The summed E-state index contributed by atoms with van der Waals surface area (Å²) in [6, 6.07) is 0.397. The van der Waals surface area contributed by atoms with Gasteiger partial charge in [0.05, 0.1) is 11.7 Å². The Kier molecular flexibility index (Phi) is 6.17. The fraction of sp³-hybridized carbons (Fsp3) is 0.750. The van der Waals surface area contributed by atoms with Gasteiger partial charge < -0.3 is 10.2 Å². The summed E-state index contributed by atoms with van der Waals surface area (Å²) in [6.45, 7) is 6.96. The Morgan fingerprint density at radius 3 is 2.86 bits per heavy atom. The van der Waals surface area contributed by atoms with E-state index >= 15 is 0 Å². The van der Waals surface area contributed by atoms with Crippen LogP contribution in [0.25, 0.3) is 0 Å². The Labute approximate surface area is 137 Å². The molecule has 0 radical (unpaired) electrons. The van der Waals surface area contributed by atoms with E-state index in [1.165, 1.54) is 18.4 Å². The fourth-order valence-electron chi connectivity index (χ4n) is 3.29. The topological polar surface area (TPSA) is 61.0 Å². The first-order valence-corrected chi connectivity index (χ1v) is 9.51. The second-order valence-corrected chi connectivity index (χ2v) is 7.12. The quantitative estimate of drug-likeness (QED) is 0.892. The molecule has 2 heterocycles. The van der Waals surface area contributed by atoms with E-state index in [2.05, 4.69) is 28.7 Å². The molecule has 2 atom stereocenters. The van der Waals surface area contributed by atoms with Gasteiger partial charge in [0.1, 0.15) is 0 Å². The summed E-state index contributed by atoms with van der Waals surface area (Å²) in [7, 11) is 0. The second kappa shape index (κ2) is 7.90. The third-order valence-electron chi connectivity index (χ3n) is 4.32. The Balaban J connectivity index is 2.19. The van der Waals surface area contributed by atoms with Gasteiger partial charge in [-0.3, -0.25) is 5.10 Å². The molecule has 6 heteroatoms. The summed E-state index contributed by atoms with van der Waals surface area (Å²) < 4.78 is 0. The van der Waals surface area contributed by atoms with Crippen LogP contribution in [0.4, 0.5) is 4.79 Å². The van der Waals surface area contributed by atoms with Gasteiger partial charge in [0.2, 0.25) is 0 Å². The molecule has 0 saturated carbocycles. The number of likely N-dealkylation sites (tertiary alicyclic amines) is 1. The van der Waals surface area contributed by atoms with Gasteiger partial charge in [-0.2, -0.15) is 16.9 Å². The third-order valence-corrected chi connectivity index (χ3v) is 5.15. The lowest BCUT2D eigenvalue weighted by molar-refractivity contribution is 0.173. The van der Waals surface area contributed by atoms with E-state index in [9.17, 15) is 4.79 Å². The van der Waals surface area contributed by atoms with E-state index < -0.39 is 0 Å². The van der Waals surface area contributed by atoms with Gasteiger partial charge in [-0.05, 0) is 39.9 Å². The van der Waals surface area contributed by atoms with Crippen LogP contribution in [-0.2, 0) is 0 Å². The molecule has 0 spiro atoms. The van der Waals surface area contributed by atoms with E-state index in [0.717, 1.165) is 36.5 Å². The highest BCUT2D eigenvalue weighted by molar-refractivity contribution is 7.98. The molecular formula is C16H28N4OS. The largest absolute Gasteiger partial charge is 0.335 e. The average Bonchev–Trinajstić information content (AvgIpc) is 2.67. The number of urea groups is 1. The van der Waals surface area contributed by atoms with E-state index in [0.29, 0.717) is 0 Å². The average molecular weight is 324 g/mol. The highest BCUT2D eigenvalue weighted by atomic mass is 32.2. The van der Waals surface area contributed by atoms with Crippen molar-refractivity contribution in [2.24, 2.45) is 0 Å². The van der Waals surface area contributed by atoms with Crippen molar-refractivity contribution in [1.29, 1.82) is 0 Å². The molecular weight excluding hydrogens is 296 g/mol. The van der Waals surface area contributed by atoms with Crippen molar-refractivity contribution in [3.63, 3.8) is 0 Å². The number of aromatic amines is 1. The maximum atomic E-state index is 12.7. The highest BCUT2D eigenvalue weighted by Crippen LogP contribution is 2.33. The zero-order chi connectivity index (χ0) is 16.1. The number of aromatic nitrogens is 2. The molecule has 1 aliphatic rings. The van der Waals surface area contributed by atoms with Crippen LogP contribution in [-0.4, -0.2) is 45.7 Å². The van der Waals surface area contributed by atoms with Gasteiger partial charge in [0, 0.05) is 29.6 Å². The van der Waals surface area contributed by atoms with Crippen LogP contribution in [0.2, 0.25) is 0 Å². The third kappa shape index (κ3) is 3.97. The summed E-state index contributed by atoms with van der Waals surface area (Å²) in [5, 5.41) is 10.5. The molecule has 1 aromatic rings. The van der Waals surface area contributed by atoms with Crippen LogP contribution < -0.4 is 5.32 Å². The van der Waals surface area contributed by atoms with Crippen molar-refractivity contribution < 1.29 is 4.79 Å². The first-order chi connectivity index (χ1) is 10.5. The van der Waals surface area contributed by atoms with Gasteiger partial charge in [0.15, 0.2) is 0 Å². The molecule has 1 aliphatic heterocycles. The number of hydrogen-bond acceptors (Lipinski definition) is 3. The van der Waals surface area contributed by atoms with Crippen molar-refractivity contribution >= 4 is 17.8 Å². The first-order valence-electron chi connectivity index (χ1n) is 8.12. The van der Waals surface area contributed by atoms with Gasteiger partial charge in [0.25, 0.3) is 0 Å². The predicted molar refractivity (Wildman–Crippen MR) is 92.4 cm³/mol. The number of rotatable bonds is 4. The zero-order valence-electron chi connectivity index (χ0n) is 14.1. The molecule has 22 heavy (non-hydrogen) atoms. The molecule has 1 aromatic heterocycles. The molecule has 124 valence electrons. The van der Waals surface area contributed by atoms with E-state index in [1.54, 1.807) is 11.8 Å². The molecule has 2 amide bonds. The summed E-state index contributed by atoms with van der Waals surface area (Å²) in [4.78, 5) is 14.8. The van der Waals surface area contributed by atoms with E-state index in [1.807, 2.05) is 18.7 Å². The monoisotopic (exact) mass is 324 g/mol. The second-order valence-electron chi connectivity index (χ2n) is 6.21. The number of amides is 2. The van der Waals surface area contributed by atoms with Gasteiger partial charge in [-0.1, -0.05) is 12.8 Å². The van der Waals surface area contributed by atoms with Crippen LogP contribution in [0.1, 0.15) is 55.6 Å². The maximum absolute atomic E-state index is 12.7. The molecule has 1 saturated heterocycles. The molecule has 0 aliphatic carbocycles. The molecule has 1 fully saturated rings. The maximum Gasteiger partial charge on any atom is 0.318 e. The Bertz CT molecular complexity index is 483. The molecule has 5 nitrogen and oxygen atoms in total. The zero-order valence-corrected chi connectivity index (χ0v) is 14.9. The molecule has 2 N–H and O–H groups in total. The minimum absolute atomic E-state index is 0.0634. The van der Waals surface area contributed by atoms with E-state index in [4.69, 9.17) is 0 Å². The Morgan fingerprint density at radius 2 is 2.23 bits per heavy atom. The van der Waals surface area contributed by atoms with Crippen LogP contribution in [0.5, 0.6) is 0 Å². The predicted octanol–water partition coefficient (Wildman–Crippen LogP) is 3.40. The van der Waals surface area contributed by atoms with E-state index in [-0.39, 0.29) is 18.1 Å². The lowest BCUT2D eigenvalue weighted by Gasteiger charge is -2.31. The number of H-pyrrole nitrogens is 1. The number of thioether (sulfide) groups is 1. The summed E-state index contributed by atoms with van der Waals surface area (Å²) in [6.07, 6.45) is 6.52. The number of carbonyl (C=O) groups excluding carboxylic acids is 1. The standard InChI is InChI=1S/C16H28N4OS/c1-11(10-22-4)17-16(21)20-9-7-5-6-8-14(20)15-12(2)18-19-13(15)3/h11,14H,5-10H2,1-4H3,(H,17,21)(H,18,19). The molecule has 2 unspecified atom stereocenters. The lowest BCUT2D eigenvalue weighted by Crippen LogP contribution is -2.46. The molecule has 0 bridgehead atoms. The normalized spacial score (nSPS) is 20.5. The molecule has 0 aromatic carbocycles. The first kappa shape index (κ1) is 17.2. The van der Waals surface area contributed by atoms with Crippen LogP contribution in [0.3, 0.4) is 0 Å². The van der Waals surface area contributed by atoms with Crippen LogP contribution in [0.15, 0.2) is 0 Å². The number of hydrogen-bond donors (Lipinski definition) is 2. The van der Waals surface area contributed by atoms with Crippen LogP contribution >= 0.6 is 11.8 Å². The van der Waals surface area contributed by atoms with Crippen molar-refractivity contribution in [3.8, 4) is 0 Å². The van der Waals surface area contributed by atoms with Crippen LogP contribution in [0, 0.1) is 13.8 Å². The summed E-state index contributed by atoms with van der Waals surface area (Å²) >= 11 is 1.76. The minimum Gasteiger partial charge on any atom is -0.335 e. The van der Waals surface area contributed by atoms with Crippen molar-refractivity contribution in [2.75, 3.05) is 18.6 Å². The summed E-state index contributed by atoms with van der Waals surface area (Å²) in [5.41, 5.74) is 3.30. The SMILES string of the molecule is CSCC(C)NC(=O)N1CCCCCC1c1c(C)n[nH]c1C. The Hall–Kier alpha value is -1.17. The van der Waals surface area contributed by atoms with Crippen molar-refractivity contribution in [3.05, 3.63) is 17.0 Å². The number of aryl methyl sites for hydroxylation is 2. The smallest absolute Gasteiger partial charge is 0.318 e. The van der Waals surface area contributed by atoms with Gasteiger partial charge in [-0.15, -0.1) is 0 Å². The fourth-order valence-corrected chi connectivity index (χ4v) is 3.87. The minimum atomic E-state index is 0.0634. The number of nitrogens with one attached hydrogen (secondary N) is 2. The highest BCUT2D eigenvalue weighted by Gasteiger charge is 2.30. The summed E-state index contributed by atoms with van der Waals surface area (Å²) in [5.74, 6) is 0.939. The number of carbonyl (C=O) groups is 1. The molecule has 2 rings (SSSR count). The van der Waals surface area contributed by atoms with Crippen molar-refractivity contribution in [2.45, 2.75) is 58.5 Å². The van der Waals surface area contributed by atoms with Crippen molar-refractivity contribution in [1.82, 2.24) is 20.4 Å². The number of nitrogens with zero attached hydrogens (tertiary/aromatic N) is 2. The van der Waals surface area contributed by atoms with Gasteiger partial charge >= 0.3 is 6.03 Å².